The second-order valence-electron chi connectivity index (χ2n) is 7.90. The van der Waals surface area contributed by atoms with Crippen LogP contribution in [0.15, 0.2) is 60.7 Å². The third-order valence-electron chi connectivity index (χ3n) is 4.85. The Bertz CT molecular complexity index is 765. The fourth-order valence-electron chi connectivity index (χ4n) is 3.58. The zero-order valence-corrected chi connectivity index (χ0v) is 18.3. The van der Waals surface area contributed by atoms with E-state index in [1.54, 1.807) is 0 Å². The Morgan fingerprint density at radius 2 is 1.48 bits per heavy atom. The number of hydrogen-bond acceptors (Lipinski definition) is 4. The molecule has 2 aromatic rings. The normalized spacial score (nSPS) is 12.8. The zero-order chi connectivity index (χ0) is 21.5. The number of hydrogen-bond donors (Lipinski definition) is 2. The number of aliphatic carboxylic acids is 1. The van der Waals surface area contributed by atoms with Crippen molar-refractivity contribution in [2.45, 2.75) is 38.3 Å². The van der Waals surface area contributed by atoms with Gasteiger partial charge in [-0.25, -0.2) is 4.79 Å². The van der Waals surface area contributed by atoms with Crippen molar-refractivity contribution in [2.75, 3.05) is 13.7 Å². The van der Waals surface area contributed by atoms with Gasteiger partial charge in [-0.3, -0.25) is 4.79 Å². The lowest BCUT2D eigenvalue weighted by atomic mass is 10.2. The average Bonchev–Trinajstić information content (AvgIpc) is 2.68. The molecule has 2 rings (SSSR count). The van der Waals surface area contributed by atoms with E-state index < -0.39 is 26.4 Å². The fraction of sp³-hybridized carbons (Fsp3) is 0.364. The van der Waals surface area contributed by atoms with Crippen molar-refractivity contribution in [2.24, 2.45) is 0 Å². The van der Waals surface area contributed by atoms with Gasteiger partial charge >= 0.3 is 12.1 Å². The van der Waals surface area contributed by atoms with E-state index in [1.165, 1.54) is 7.11 Å². The minimum atomic E-state index is -2.81. The van der Waals surface area contributed by atoms with Crippen molar-refractivity contribution in [3.05, 3.63) is 60.7 Å². The van der Waals surface area contributed by atoms with Crippen molar-refractivity contribution in [1.82, 2.24) is 5.32 Å². The van der Waals surface area contributed by atoms with Crippen LogP contribution in [0, 0.1) is 0 Å². The predicted octanol–water partition coefficient (Wildman–Crippen LogP) is 2.76. The zero-order valence-electron chi connectivity index (χ0n) is 17.3. The number of carbonyl (C=O) groups excluding carboxylic acids is 1. The van der Waals surface area contributed by atoms with Crippen molar-refractivity contribution in [1.29, 1.82) is 0 Å². The number of carboxylic acid groups (broad SMARTS) is 1. The molecule has 2 N–H and O–H groups in total. The Labute approximate surface area is 173 Å². The van der Waals surface area contributed by atoms with Crippen molar-refractivity contribution >= 4 is 30.8 Å². The Kier molecular flexibility index (Phi) is 7.58. The first-order valence-corrected chi connectivity index (χ1v) is 11.4. The topological polar surface area (TPSA) is 84.9 Å². The van der Waals surface area contributed by atoms with Crippen LogP contribution in [0.2, 0.25) is 5.04 Å². The van der Waals surface area contributed by atoms with E-state index in [0.717, 1.165) is 10.4 Å². The van der Waals surface area contributed by atoms with E-state index in [2.05, 4.69) is 55.1 Å². The van der Waals surface area contributed by atoms with Gasteiger partial charge in [0.1, 0.15) is 0 Å². The number of nitrogens with one attached hydrogen (secondary N) is 1. The molecule has 7 heteroatoms. The Morgan fingerprint density at radius 3 is 1.86 bits per heavy atom. The predicted molar refractivity (Wildman–Crippen MR) is 115 cm³/mol. The lowest BCUT2D eigenvalue weighted by Crippen LogP contribution is -2.67. The van der Waals surface area contributed by atoms with Gasteiger partial charge in [0.25, 0.3) is 8.32 Å². The molecule has 0 aliphatic carbocycles. The quantitative estimate of drug-likeness (QED) is 0.648. The number of rotatable bonds is 8. The van der Waals surface area contributed by atoms with Crippen LogP contribution in [0.25, 0.3) is 0 Å². The number of carbonyl (C=O) groups is 2. The van der Waals surface area contributed by atoms with Crippen LogP contribution in [0.5, 0.6) is 0 Å². The minimum absolute atomic E-state index is 0.0642. The molecule has 0 spiro atoms. The summed E-state index contributed by atoms with van der Waals surface area (Å²) >= 11 is 0. The summed E-state index contributed by atoms with van der Waals surface area (Å²) in [6.45, 7) is 6.48. The van der Waals surface area contributed by atoms with E-state index in [1.807, 2.05) is 36.4 Å². The van der Waals surface area contributed by atoms with Crippen LogP contribution in [0.3, 0.4) is 0 Å². The van der Waals surface area contributed by atoms with Gasteiger partial charge in [0.15, 0.2) is 0 Å². The molecule has 0 saturated carbocycles. The molecule has 0 saturated heterocycles. The molecular formula is C22H29NO5Si. The largest absolute Gasteiger partial charge is 0.481 e. The number of methoxy groups -OCH3 is 1. The highest BCUT2D eigenvalue weighted by Crippen LogP contribution is 2.36. The van der Waals surface area contributed by atoms with E-state index in [9.17, 15) is 14.7 Å². The maximum Gasteiger partial charge on any atom is 0.407 e. The summed E-state index contributed by atoms with van der Waals surface area (Å²) in [7, 11) is -1.56. The molecule has 1 unspecified atom stereocenters. The van der Waals surface area contributed by atoms with Crippen molar-refractivity contribution < 1.29 is 23.9 Å². The molecule has 0 fully saturated rings. The summed E-state index contributed by atoms with van der Waals surface area (Å²) in [5.41, 5.74) is 0. The van der Waals surface area contributed by atoms with Crippen LogP contribution in [0.1, 0.15) is 27.2 Å². The second-order valence-corrected chi connectivity index (χ2v) is 12.2. The highest BCUT2D eigenvalue weighted by Gasteiger charge is 2.50. The third kappa shape index (κ3) is 5.46. The maximum atomic E-state index is 11.7. The van der Waals surface area contributed by atoms with Gasteiger partial charge in [-0.2, -0.15) is 0 Å². The highest BCUT2D eigenvalue weighted by atomic mass is 28.4. The number of alkyl carbamates (subject to hydrolysis) is 1. The molecule has 29 heavy (non-hydrogen) atoms. The molecule has 6 nitrogen and oxygen atoms in total. The summed E-state index contributed by atoms with van der Waals surface area (Å²) in [4.78, 5) is 23.0. The molecule has 156 valence electrons. The lowest BCUT2D eigenvalue weighted by Gasteiger charge is -2.43. The molecule has 0 bridgehead atoms. The Balaban J connectivity index is 2.49. The smallest absolute Gasteiger partial charge is 0.407 e. The summed E-state index contributed by atoms with van der Waals surface area (Å²) < 4.78 is 11.3. The summed E-state index contributed by atoms with van der Waals surface area (Å²) in [5, 5.41) is 13.8. The Morgan fingerprint density at radius 1 is 1.00 bits per heavy atom. The molecule has 1 amide bonds. The third-order valence-corrected chi connectivity index (χ3v) is 9.85. The number of ether oxygens (including phenoxy) is 1. The minimum Gasteiger partial charge on any atom is -0.481 e. The van der Waals surface area contributed by atoms with Crippen LogP contribution in [-0.4, -0.2) is 45.2 Å². The van der Waals surface area contributed by atoms with Crippen LogP contribution in [0.4, 0.5) is 4.79 Å². The fourth-order valence-corrected chi connectivity index (χ4v) is 8.18. The number of benzene rings is 2. The van der Waals surface area contributed by atoms with Gasteiger partial charge in [0.05, 0.1) is 26.2 Å². The van der Waals surface area contributed by atoms with E-state index in [0.29, 0.717) is 0 Å². The molecule has 1 atom stereocenters. The average molecular weight is 416 g/mol. The van der Waals surface area contributed by atoms with Crippen LogP contribution < -0.4 is 15.7 Å². The maximum absolute atomic E-state index is 11.7. The van der Waals surface area contributed by atoms with Crippen molar-refractivity contribution in [3.63, 3.8) is 0 Å². The van der Waals surface area contributed by atoms with E-state index in [-0.39, 0.29) is 18.1 Å². The summed E-state index contributed by atoms with van der Waals surface area (Å²) in [6.07, 6.45) is -0.935. The summed E-state index contributed by atoms with van der Waals surface area (Å²) in [6, 6.07) is 19.4. The van der Waals surface area contributed by atoms with Gasteiger partial charge in [0, 0.05) is 0 Å². The Hall–Kier alpha value is -2.64. The first kappa shape index (κ1) is 22.6. The highest BCUT2D eigenvalue weighted by molar-refractivity contribution is 6.99. The first-order chi connectivity index (χ1) is 13.7. The van der Waals surface area contributed by atoms with Gasteiger partial charge in [-0.1, -0.05) is 81.4 Å². The second kappa shape index (κ2) is 9.71. The van der Waals surface area contributed by atoms with Gasteiger partial charge in [0.2, 0.25) is 0 Å². The van der Waals surface area contributed by atoms with Crippen LogP contribution >= 0.6 is 0 Å². The first-order valence-electron chi connectivity index (χ1n) is 9.52. The molecule has 2 aromatic carbocycles. The lowest BCUT2D eigenvalue weighted by molar-refractivity contribution is -0.137. The molecule has 0 heterocycles. The molecular weight excluding hydrogens is 386 g/mol. The monoisotopic (exact) mass is 415 g/mol. The van der Waals surface area contributed by atoms with Gasteiger partial charge in [-0.15, -0.1) is 0 Å². The number of amides is 1. The molecule has 0 aromatic heterocycles. The molecule has 0 radical (unpaired) electrons. The van der Waals surface area contributed by atoms with E-state index >= 15 is 0 Å². The standard InChI is InChI=1S/C22H29NO5Si/c1-22(2,3)29(18-11-7-5-8-12-18,19-13-9-6-10-14-19)28-16-17(15-20(24)25)23-21(26)27-4/h5-14,17H,15-16H2,1-4H3,(H,23,26)(H,24,25). The molecule has 0 aliphatic heterocycles. The van der Waals surface area contributed by atoms with Crippen molar-refractivity contribution in [3.8, 4) is 0 Å². The summed E-state index contributed by atoms with van der Waals surface area (Å²) in [5.74, 6) is -1.02. The number of carboxylic acids is 1. The SMILES string of the molecule is COC(=O)NC(CO[Si](c1ccccc1)(c1ccccc1)C(C)(C)C)CC(=O)O. The van der Waals surface area contributed by atoms with Gasteiger partial charge < -0.3 is 19.6 Å². The van der Waals surface area contributed by atoms with Crippen LogP contribution in [-0.2, 0) is 14.0 Å². The van der Waals surface area contributed by atoms with Gasteiger partial charge in [-0.05, 0) is 15.4 Å². The molecule has 0 aliphatic rings. The van der Waals surface area contributed by atoms with E-state index in [4.69, 9.17) is 4.43 Å².